The summed E-state index contributed by atoms with van der Waals surface area (Å²) < 4.78 is 10.5. The number of hydrogen-bond acceptors (Lipinski definition) is 5. The first-order valence-corrected chi connectivity index (χ1v) is 12.0. The summed E-state index contributed by atoms with van der Waals surface area (Å²) in [5.41, 5.74) is 2.25. The second-order valence-electron chi connectivity index (χ2n) is 8.78. The van der Waals surface area contributed by atoms with E-state index in [1.165, 1.54) is 23.5 Å². The van der Waals surface area contributed by atoms with E-state index in [0.717, 1.165) is 5.56 Å². The lowest BCUT2D eigenvalue weighted by Gasteiger charge is -2.32. The molecule has 4 aromatic rings. The fourth-order valence-electron chi connectivity index (χ4n) is 3.93. The van der Waals surface area contributed by atoms with Crippen LogP contribution in [0.15, 0.2) is 100 Å². The fraction of sp³-hybridized carbons (Fsp3) is 0.207. The molecule has 2 N–H and O–H groups in total. The molecule has 0 saturated carbocycles. The van der Waals surface area contributed by atoms with Gasteiger partial charge in [0.2, 0.25) is 11.8 Å². The Morgan fingerprint density at radius 1 is 0.784 bits per heavy atom. The molecule has 4 rings (SSSR count). The Morgan fingerprint density at radius 2 is 1.49 bits per heavy atom. The first-order chi connectivity index (χ1) is 17.9. The molecule has 0 aliphatic rings. The molecule has 0 bridgehead atoms. The highest BCUT2D eigenvalue weighted by molar-refractivity contribution is 6.04. The van der Waals surface area contributed by atoms with Crippen molar-refractivity contribution < 1.29 is 23.2 Å². The Balaban J connectivity index is 1.67. The molecule has 1 atom stereocenters. The number of nitrogens with zero attached hydrogens (tertiary/aromatic N) is 1. The van der Waals surface area contributed by atoms with Crippen LogP contribution in [0.4, 0.5) is 5.69 Å². The minimum absolute atomic E-state index is 0.0939. The van der Waals surface area contributed by atoms with E-state index >= 15 is 0 Å². The second-order valence-corrected chi connectivity index (χ2v) is 8.78. The van der Waals surface area contributed by atoms with Crippen molar-refractivity contribution in [1.82, 2.24) is 10.6 Å². The van der Waals surface area contributed by atoms with E-state index in [4.69, 9.17) is 8.83 Å². The van der Waals surface area contributed by atoms with Crippen molar-refractivity contribution in [3.8, 4) is 0 Å². The number of furan rings is 2. The van der Waals surface area contributed by atoms with E-state index in [1.807, 2.05) is 42.5 Å². The molecular formula is C29H29N3O5. The molecule has 8 nitrogen and oxygen atoms in total. The van der Waals surface area contributed by atoms with Crippen molar-refractivity contribution in [3.05, 3.63) is 114 Å². The maximum absolute atomic E-state index is 13.7. The average Bonchev–Trinajstić information content (AvgIpc) is 3.64. The molecule has 0 aliphatic heterocycles. The van der Waals surface area contributed by atoms with Gasteiger partial charge in [-0.3, -0.25) is 19.3 Å². The van der Waals surface area contributed by atoms with Crippen molar-refractivity contribution in [2.75, 3.05) is 11.4 Å². The predicted molar refractivity (Wildman–Crippen MR) is 139 cm³/mol. The summed E-state index contributed by atoms with van der Waals surface area (Å²) in [5.74, 6) is -0.388. The van der Waals surface area contributed by atoms with Crippen LogP contribution in [-0.4, -0.2) is 24.3 Å². The van der Waals surface area contributed by atoms with Crippen molar-refractivity contribution in [3.63, 3.8) is 0 Å². The van der Waals surface area contributed by atoms with Gasteiger partial charge in [0.05, 0.1) is 25.6 Å². The van der Waals surface area contributed by atoms with Crippen LogP contribution < -0.4 is 15.5 Å². The molecule has 0 aliphatic carbocycles. The van der Waals surface area contributed by atoms with Gasteiger partial charge in [0.25, 0.3) is 5.91 Å². The SMILES string of the molecule is CC(C)c1ccc(N(C(=O)CNC(=O)c2ccco2)[C@H](C(=O)NCc2ccco2)c2ccccc2)cc1. The number of rotatable bonds is 10. The van der Waals surface area contributed by atoms with E-state index in [9.17, 15) is 14.4 Å². The van der Waals surface area contributed by atoms with E-state index in [2.05, 4.69) is 24.5 Å². The summed E-state index contributed by atoms with van der Waals surface area (Å²) in [6.07, 6.45) is 2.91. The zero-order valence-electron chi connectivity index (χ0n) is 20.7. The van der Waals surface area contributed by atoms with Gasteiger partial charge in [-0.15, -0.1) is 0 Å². The maximum atomic E-state index is 13.7. The Labute approximate surface area is 215 Å². The van der Waals surface area contributed by atoms with Crippen LogP contribution in [0, 0.1) is 0 Å². The molecule has 0 radical (unpaired) electrons. The van der Waals surface area contributed by atoms with Crippen molar-refractivity contribution >= 4 is 23.4 Å². The van der Waals surface area contributed by atoms with Crippen molar-refractivity contribution in [2.24, 2.45) is 0 Å². The summed E-state index contributed by atoms with van der Waals surface area (Å²) in [4.78, 5) is 41.1. The molecule has 2 heterocycles. The minimum Gasteiger partial charge on any atom is -0.467 e. The smallest absolute Gasteiger partial charge is 0.287 e. The van der Waals surface area contributed by atoms with Crippen LogP contribution in [0.25, 0.3) is 0 Å². The first kappa shape index (κ1) is 25.5. The third-order valence-corrected chi connectivity index (χ3v) is 5.89. The van der Waals surface area contributed by atoms with Crippen LogP contribution in [0.5, 0.6) is 0 Å². The van der Waals surface area contributed by atoms with E-state index in [1.54, 1.807) is 30.3 Å². The van der Waals surface area contributed by atoms with Crippen LogP contribution in [0.3, 0.4) is 0 Å². The molecule has 0 unspecified atom stereocenters. The van der Waals surface area contributed by atoms with Gasteiger partial charge < -0.3 is 19.5 Å². The minimum atomic E-state index is -0.992. The van der Waals surface area contributed by atoms with Crippen molar-refractivity contribution in [1.29, 1.82) is 0 Å². The normalized spacial score (nSPS) is 11.6. The second kappa shape index (κ2) is 11.9. The van der Waals surface area contributed by atoms with Gasteiger partial charge in [0.15, 0.2) is 5.76 Å². The molecule has 0 saturated heterocycles. The Bertz CT molecular complexity index is 1300. The quantitative estimate of drug-likeness (QED) is 0.326. The molecule has 190 valence electrons. The van der Waals surface area contributed by atoms with Gasteiger partial charge in [-0.05, 0) is 53.4 Å². The number of amides is 3. The summed E-state index contributed by atoms with van der Waals surface area (Å²) in [7, 11) is 0. The van der Waals surface area contributed by atoms with Gasteiger partial charge >= 0.3 is 0 Å². The van der Waals surface area contributed by atoms with Crippen LogP contribution in [0.2, 0.25) is 0 Å². The number of hydrogen-bond donors (Lipinski definition) is 2. The summed E-state index contributed by atoms with van der Waals surface area (Å²) in [5, 5.41) is 5.47. The molecule has 2 aromatic heterocycles. The third-order valence-electron chi connectivity index (χ3n) is 5.89. The van der Waals surface area contributed by atoms with Gasteiger partial charge in [-0.2, -0.15) is 0 Å². The number of anilines is 1. The zero-order valence-corrected chi connectivity index (χ0v) is 20.7. The lowest BCUT2D eigenvalue weighted by Crippen LogP contribution is -2.47. The molecule has 8 heteroatoms. The number of carbonyl (C=O) groups excluding carboxylic acids is 3. The maximum Gasteiger partial charge on any atom is 0.287 e. The fourth-order valence-corrected chi connectivity index (χ4v) is 3.93. The van der Waals surface area contributed by atoms with Crippen LogP contribution in [0.1, 0.15) is 53.2 Å². The van der Waals surface area contributed by atoms with Crippen LogP contribution >= 0.6 is 0 Å². The zero-order chi connectivity index (χ0) is 26.2. The number of benzene rings is 2. The lowest BCUT2D eigenvalue weighted by atomic mass is 10.0. The third kappa shape index (κ3) is 6.35. The van der Waals surface area contributed by atoms with Gasteiger partial charge in [0, 0.05) is 5.69 Å². The molecular weight excluding hydrogens is 470 g/mol. The largest absolute Gasteiger partial charge is 0.467 e. The highest BCUT2D eigenvalue weighted by atomic mass is 16.3. The summed E-state index contributed by atoms with van der Waals surface area (Å²) in [6.45, 7) is 3.99. The topological polar surface area (TPSA) is 105 Å². The van der Waals surface area contributed by atoms with E-state index in [-0.39, 0.29) is 24.8 Å². The highest BCUT2D eigenvalue weighted by Gasteiger charge is 2.33. The highest BCUT2D eigenvalue weighted by Crippen LogP contribution is 2.29. The molecule has 2 aromatic carbocycles. The summed E-state index contributed by atoms with van der Waals surface area (Å²) >= 11 is 0. The number of nitrogens with one attached hydrogen (secondary N) is 2. The average molecular weight is 500 g/mol. The molecule has 37 heavy (non-hydrogen) atoms. The van der Waals surface area contributed by atoms with Gasteiger partial charge in [-0.1, -0.05) is 56.3 Å². The predicted octanol–water partition coefficient (Wildman–Crippen LogP) is 4.82. The van der Waals surface area contributed by atoms with Crippen molar-refractivity contribution in [2.45, 2.75) is 32.4 Å². The standard InChI is InChI=1S/C29H29N3O5/c1-20(2)21-12-14-23(15-13-21)32(26(33)19-31-28(34)25-11-7-17-37-25)27(22-8-4-3-5-9-22)29(35)30-18-24-10-6-16-36-24/h3-17,20,27H,18-19H2,1-2H3,(H,30,35)(H,31,34)/t27-/m0/s1. The summed E-state index contributed by atoms with van der Waals surface area (Å²) in [6, 6.07) is 22.2. The van der Waals surface area contributed by atoms with Gasteiger partial charge in [-0.25, -0.2) is 0 Å². The molecule has 3 amide bonds. The molecule has 0 fully saturated rings. The molecule has 0 spiro atoms. The van der Waals surface area contributed by atoms with E-state index in [0.29, 0.717) is 22.9 Å². The lowest BCUT2D eigenvalue weighted by molar-refractivity contribution is -0.126. The van der Waals surface area contributed by atoms with E-state index < -0.39 is 17.9 Å². The Hall–Kier alpha value is -4.59. The van der Waals surface area contributed by atoms with Crippen LogP contribution in [-0.2, 0) is 16.1 Å². The Kier molecular flexibility index (Phi) is 8.20. The first-order valence-electron chi connectivity index (χ1n) is 12.0. The number of carbonyl (C=O) groups is 3. The Morgan fingerprint density at radius 3 is 2.11 bits per heavy atom. The monoisotopic (exact) mass is 499 g/mol. The van der Waals surface area contributed by atoms with Gasteiger partial charge in [0.1, 0.15) is 11.8 Å².